The summed E-state index contributed by atoms with van der Waals surface area (Å²) in [5, 5.41) is 0.0817. The molecular weight excluding hydrogens is 390 g/mol. The number of carbonyl (C=O) groups is 2. The summed E-state index contributed by atoms with van der Waals surface area (Å²) in [5.41, 5.74) is 0.590. The first kappa shape index (κ1) is 17.8. The van der Waals surface area contributed by atoms with Crippen molar-refractivity contribution < 1.29 is 23.8 Å². The number of para-hydroxylation sites is 1. The van der Waals surface area contributed by atoms with Crippen LogP contribution in [0.1, 0.15) is 5.56 Å². The van der Waals surface area contributed by atoms with Crippen LogP contribution < -0.4 is 14.2 Å². The number of rotatable bonds is 5. The lowest BCUT2D eigenvalue weighted by atomic mass is 10.2. The van der Waals surface area contributed by atoms with Gasteiger partial charge < -0.3 is 14.2 Å². The Morgan fingerprint density at radius 2 is 1.89 bits per heavy atom. The van der Waals surface area contributed by atoms with Crippen LogP contribution in [-0.4, -0.2) is 36.0 Å². The molecule has 2 aliphatic rings. The Hall–Kier alpha value is -2.64. The monoisotopic (exact) mass is 403 g/mol. The molecule has 138 valence electrons. The molecular formula is C19H14ClNO5S. The largest absolute Gasteiger partial charge is 0.492 e. The first-order valence-electron chi connectivity index (χ1n) is 8.14. The van der Waals surface area contributed by atoms with Gasteiger partial charge in [0.25, 0.3) is 11.1 Å². The molecule has 0 atom stereocenters. The first-order chi connectivity index (χ1) is 13.1. The number of benzene rings is 2. The van der Waals surface area contributed by atoms with Gasteiger partial charge in [0.1, 0.15) is 12.4 Å². The van der Waals surface area contributed by atoms with Crippen molar-refractivity contribution in [1.82, 2.24) is 4.90 Å². The lowest BCUT2D eigenvalue weighted by Crippen LogP contribution is -2.32. The van der Waals surface area contributed by atoms with Crippen molar-refractivity contribution in [3.8, 4) is 17.2 Å². The zero-order chi connectivity index (χ0) is 18.8. The van der Waals surface area contributed by atoms with Gasteiger partial charge >= 0.3 is 0 Å². The highest BCUT2D eigenvalue weighted by atomic mass is 35.5. The zero-order valence-electron chi connectivity index (χ0n) is 14.0. The quantitative estimate of drug-likeness (QED) is 0.697. The average Bonchev–Trinajstić information content (AvgIpc) is 3.22. The zero-order valence-corrected chi connectivity index (χ0v) is 15.6. The fourth-order valence-corrected chi connectivity index (χ4v) is 3.71. The second kappa shape index (κ2) is 7.54. The van der Waals surface area contributed by atoms with Crippen molar-refractivity contribution in [3.63, 3.8) is 0 Å². The lowest BCUT2D eigenvalue weighted by Gasteiger charge is -2.13. The van der Waals surface area contributed by atoms with Gasteiger partial charge in [-0.3, -0.25) is 14.5 Å². The molecule has 2 amide bonds. The number of hydrogen-bond acceptors (Lipinski definition) is 6. The van der Waals surface area contributed by atoms with Crippen LogP contribution >= 0.6 is 23.4 Å². The van der Waals surface area contributed by atoms with E-state index in [2.05, 4.69) is 0 Å². The van der Waals surface area contributed by atoms with Crippen molar-refractivity contribution in [2.45, 2.75) is 0 Å². The van der Waals surface area contributed by atoms with E-state index in [1.807, 2.05) is 30.3 Å². The van der Waals surface area contributed by atoms with Gasteiger partial charge in [-0.25, -0.2) is 0 Å². The minimum absolute atomic E-state index is 0.132. The third-order valence-corrected chi connectivity index (χ3v) is 5.21. The molecule has 0 aliphatic carbocycles. The summed E-state index contributed by atoms with van der Waals surface area (Å²) < 4.78 is 16.2. The standard InChI is InChI=1S/C19H14ClNO5S/c20-14-10-16-15(25-11-26-16)8-12(14)9-17-18(22)21(19(23)27-17)6-7-24-13-4-2-1-3-5-13/h1-5,8-10H,6-7,11H2/b17-9-. The minimum Gasteiger partial charge on any atom is -0.492 e. The maximum atomic E-state index is 12.6. The first-order valence-corrected chi connectivity index (χ1v) is 9.33. The molecule has 0 aromatic heterocycles. The number of amides is 2. The molecule has 0 saturated carbocycles. The Morgan fingerprint density at radius 3 is 2.67 bits per heavy atom. The van der Waals surface area contributed by atoms with Gasteiger partial charge in [-0.1, -0.05) is 29.8 Å². The Labute approximate surface area is 164 Å². The van der Waals surface area contributed by atoms with Crippen molar-refractivity contribution in [1.29, 1.82) is 0 Å². The summed E-state index contributed by atoms with van der Waals surface area (Å²) in [6.45, 7) is 0.527. The molecule has 0 N–H and O–H groups in total. The van der Waals surface area contributed by atoms with Crippen LogP contribution in [0.4, 0.5) is 4.79 Å². The molecule has 1 fully saturated rings. The highest BCUT2D eigenvalue weighted by molar-refractivity contribution is 8.18. The van der Waals surface area contributed by atoms with Gasteiger partial charge in [0.2, 0.25) is 6.79 Å². The summed E-state index contributed by atoms with van der Waals surface area (Å²) in [5.74, 6) is 1.44. The highest BCUT2D eigenvalue weighted by Crippen LogP contribution is 2.39. The van der Waals surface area contributed by atoms with Gasteiger partial charge in [-0.2, -0.15) is 0 Å². The van der Waals surface area contributed by atoms with E-state index in [1.54, 1.807) is 18.2 Å². The molecule has 8 heteroatoms. The maximum absolute atomic E-state index is 12.6. The van der Waals surface area contributed by atoms with Crippen LogP contribution in [0.3, 0.4) is 0 Å². The number of imide groups is 1. The summed E-state index contributed by atoms with van der Waals surface area (Å²) in [6, 6.07) is 12.5. The molecule has 0 bridgehead atoms. The molecule has 2 aliphatic heterocycles. The molecule has 2 aromatic carbocycles. The van der Waals surface area contributed by atoms with Crippen LogP contribution in [-0.2, 0) is 4.79 Å². The van der Waals surface area contributed by atoms with Crippen molar-refractivity contribution in [2.75, 3.05) is 19.9 Å². The number of hydrogen-bond donors (Lipinski definition) is 0. The molecule has 2 heterocycles. The summed E-state index contributed by atoms with van der Waals surface area (Å²) in [4.78, 5) is 26.2. The van der Waals surface area contributed by atoms with Crippen molar-refractivity contribution >= 4 is 40.6 Å². The number of carbonyl (C=O) groups excluding carboxylic acids is 2. The Balaban J connectivity index is 1.45. The topological polar surface area (TPSA) is 65.1 Å². The Kier molecular flexibility index (Phi) is 4.96. The molecule has 0 radical (unpaired) electrons. The Bertz CT molecular complexity index is 931. The van der Waals surface area contributed by atoms with E-state index in [1.165, 1.54) is 4.90 Å². The van der Waals surface area contributed by atoms with Gasteiger partial charge in [-0.15, -0.1) is 0 Å². The second-order valence-electron chi connectivity index (χ2n) is 5.72. The molecule has 27 heavy (non-hydrogen) atoms. The highest BCUT2D eigenvalue weighted by Gasteiger charge is 2.35. The van der Waals surface area contributed by atoms with E-state index in [-0.39, 0.29) is 31.1 Å². The maximum Gasteiger partial charge on any atom is 0.293 e. The van der Waals surface area contributed by atoms with Crippen LogP contribution in [0, 0.1) is 0 Å². The summed E-state index contributed by atoms with van der Waals surface area (Å²) in [7, 11) is 0. The number of fused-ring (bicyclic) bond motifs is 1. The minimum atomic E-state index is -0.365. The second-order valence-corrected chi connectivity index (χ2v) is 7.12. The van der Waals surface area contributed by atoms with Gasteiger partial charge in [0.05, 0.1) is 16.5 Å². The van der Waals surface area contributed by atoms with Gasteiger partial charge in [-0.05, 0) is 41.6 Å². The molecule has 0 spiro atoms. The molecule has 6 nitrogen and oxygen atoms in total. The number of nitrogens with zero attached hydrogens (tertiary/aromatic N) is 1. The van der Waals surface area contributed by atoms with E-state index < -0.39 is 0 Å². The van der Waals surface area contributed by atoms with Crippen LogP contribution in [0.5, 0.6) is 17.2 Å². The fourth-order valence-electron chi connectivity index (χ4n) is 2.65. The van der Waals surface area contributed by atoms with Crippen molar-refractivity contribution in [3.05, 3.63) is 58.0 Å². The third-order valence-electron chi connectivity index (χ3n) is 3.98. The van der Waals surface area contributed by atoms with Gasteiger partial charge in [0.15, 0.2) is 11.5 Å². The predicted octanol–water partition coefficient (Wildman–Crippen LogP) is 4.18. The van der Waals surface area contributed by atoms with E-state index >= 15 is 0 Å². The molecule has 4 rings (SSSR count). The van der Waals surface area contributed by atoms with Crippen LogP contribution in [0.2, 0.25) is 5.02 Å². The SMILES string of the molecule is O=C1S/C(=C\c2cc3c(cc2Cl)OCO3)C(=O)N1CCOc1ccccc1. The van der Waals surface area contributed by atoms with E-state index in [9.17, 15) is 9.59 Å². The normalized spacial score (nSPS) is 17.1. The number of thioether (sulfide) groups is 1. The summed E-state index contributed by atoms with van der Waals surface area (Å²) in [6.07, 6.45) is 1.59. The van der Waals surface area contributed by atoms with Crippen LogP contribution in [0.25, 0.3) is 6.08 Å². The van der Waals surface area contributed by atoms with E-state index in [0.717, 1.165) is 11.8 Å². The number of halogens is 1. The third kappa shape index (κ3) is 3.74. The van der Waals surface area contributed by atoms with Gasteiger partial charge in [0, 0.05) is 6.07 Å². The van der Waals surface area contributed by atoms with E-state index in [4.69, 9.17) is 25.8 Å². The molecule has 1 saturated heterocycles. The van der Waals surface area contributed by atoms with E-state index in [0.29, 0.717) is 32.7 Å². The Morgan fingerprint density at radius 1 is 1.15 bits per heavy atom. The smallest absolute Gasteiger partial charge is 0.293 e. The van der Waals surface area contributed by atoms with Crippen molar-refractivity contribution in [2.24, 2.45) is 0 Å². The van der Waals surface area contributed by atoms with Crippen LogP contribution in [0.15, 0.2) is 47.4 Å². The molecule has 2 aromatic rings. The average molecular weight is 404 g/mol. The summed E-state index contributed by atoms with van der Waals surface area (Å²) >= 11 is 7.12. The lowest BCUT2D eigenvalue weighted by molar-refractivity contribution is -0.123. The fraction of sp³-hybridized carbons (Fsp3) is 0.158. The number of ether oxygens (including phenoxy) is 3. The predicted molar refractivity (Wildman–Crippen MR) is 102 cm³/mol. The molecule has 0 unspecified atom stereocenters.